The predicted octanol–water partition coefficient (Wildman–Crippen LogP) is 3.42. The van der Waals surface area contributed by atoms with Gasteiger partial charge in [0.05, 0.1) is 29.6 Å². The van der Waals surface area contributed by atoms with Gasteiger partial charge < -0.3 is 19.8 Å². The van der Waals surface area contributed by atoms with Crippen LogP contribution in [0, 0.1) is 18.7 Å². The molecule has 1 aliphatic rings. The van der Waals surface area contributed by atoms with Crippen LogP contribution < -0.4 is 14.8 Å². The molecule has 10 heteroatoms. The monoisotopic (exact) mass is 429 g/mol. The van der Waals surface area contributed by atoms with Crippen molar-refractivity contribution in [3.8, 4) is 30.0 Å². The quantitative estimate of drug-likeness (QED) is 0.422. The number of fused-ring (bicyclic) bond motifs is 3. The maximum Gasteiger partial charge on any atom is 0.231 e. The summed E-state index contributed by atoms with van der Waals surface area (Å²) in [5, 5.41) is 3.27. The summed E-state index contributed by atoms with van der Waals surface area (Å²) in [6.07, 6.45) is 11.0. The molecule has 32 heavy (non-hydrogen) atoms. The van der Waals surface area contributed by atoms with Crippen molar-refractivity contribution in [3.63, 3.8) is 0 Å². The number of terminal acetylenes is 1. The highest BCUT2D eigenvalue weighted by molar-refractivity contribution is 5.82. The van der Waals surface area contributed by atoms with Crippen LogP contribution in [-0.2, 0) is 6.54 Å². The number of nitrogens with zero attached hydrogens (tertiary/aromatic N) is 5. The molecular weight excluding hydrogens is 413 g/mol. The smallest absolute Gasteiger partial charge is 0.231 e. The van der Waals surface area contributed by atoms with Gasteiger partial charge in [0.25, 0.3) is 0 Å². The van der Waals surface area contributed by atoms with Gasteiger partial charge in [-0.25, -0.2) is 24.3 Å². The summed E-state index contributed by atoms with van der Waals surface area (Å²) in [5.74, 6) is 2.27. The molecule has 1 aliphatic heterocycles. The Bertz CT molecular complexity index is 1460. The van der Waals surface area contributed by atoms with Crippen molar-refractivity contribution < 1.29 is 13.9 Å². The number of ether oxygens (including phenoxy) is 2. The molecule has 4 heterocycles. The molecule has 6 rings (SSSR count). The number of halogens is 1. The molecule has 0 fully saturated rings. The number of imidazole rings is 2. The van der Waals surface area contributed by atoms with Gasteiger partial charge in [-0.2, -0.15) is 0 Å². The molecule has 2 N–H and O–H groups in total. The van der Waals surface area contributed by atoms with Crippen molar-refractivity contribution in [1.82, 2.24) is 29.5 Å². The van der Waals surface area contributed by atoms with Gasteiger partial charge in [0, 0.05) is 12.1 Å². The highest BCUT2D eigenvalue weighted by Crippen LogP contribution is 2.35. The summed E-state index contributed by atoms with van der Waals surface area (Å²) in [4.78, 5) is 20.3. The first-order valence-electron chi connectivity index (χ1n) is 9.54. The number of H-pyrrole nitrogens is 1. The maximum atomic E-state index is 14.0. The normalized spacial score (nSPS) is 12.0. The molecule has 0 bridgehead atoms. The van der Waals surface area contributed by atoms with E-state index in [1.807, 2.05) is 22.8 Å². The van der Waals surface area contributed by atoms with Crippen molar-refractivity contribution in [2.75, 3.05) is 12.1 Å². The Kier molecular flexibility index (Phi) is 4.76. The fourth-order valence-electron chi connectivity index (χ4n) is 3.59. The number of aromatic nitrogens is 6. The Morgan fingerprint density at radius 3 is 2.84 bits per heavy atom. The number of hydrogen-bond donors (Lipinski definition) is 2. The number of rotatable bonds is 4. The van der Waals surface area contributed by atoms with Crippen LogP contribution in [-0.4, -0.2) is 36.3 Å². The number of aromatic amines is 1. The van der Waals surface area contributed by atoms with Gasteiger partial charge in [-0.3, -0.25) is 4.57 Å². The second kappa shape index (κ2) is 7.88. The first kappa shape index (κ1) is 19.3. The van der Waals surface area contributed by atoms with Gasteiger partial charge in [0.2, 0.25) is 6.79 Å². The topological polar surface area (TPSA) is 103 Å². The third kappa shape index (κ3) is 3.22. The molecule has 0 spiro atoms. The fraction of sp³-hybridized carbons (Fsp3) is 0.0909. The third-order valence-corrected chi connectivity index (χ3v) is 4.94. The number of hydrogen-bond acceptors (Lipinski definition) is 7. The summed E-state index contributed by atoms with van der Waals surface area (Å²) in [5.41, 5.74) is 3.40. The van der Waals surface area contributed by atoms with Crippen molar-refractivity contribution in [2.24, 2.45) is 0 Å². The van der Waals surface area contributed by atoms with Crippen LogP contribution in [0.3, 0.4) is 0 Å². The first-order chi connectivity index (χ1) is 15.8. The van der Waals surface area contributed by atoms with E-state index >= 15 is 0 Å². The highest BCUT2D eigenvalue weighted by Gasteiger charge is 2.18. The Morgan fingerprint density at radius 1 is 1.06 bits per heavy atom. The molecule has 0 unspecified atom stereocenters. The Hall–Kier alpha value is -4.65. The molecule has 2 aromatic carbocycles. The number of nitrogens with one attached hydrogen (secondary N) is 2. The molecule has 5 aromatic rings. The average Bonchev–Trinajstić information content (AvgIpc) is 3.56. The third-order valence-electron chi connectivity index (χ3n) is 4.94. The maximum absolute atomic E-state index is 14.0. The molecule has 158 valence electrons. The van der Waals surface area contributed by atoms with Gasteiger partial charge >= 0.3 is 0 Å². The second-order valence-corrected chi connectivity index (χ2v) is 6.71. The van der Waals surface area contributed by atoms with E-state index in [4.69, 9.17) is 14.5 Å². The van der Waals surface area contributed by atoms with Crippen molar-refractivity contribution in [3.05, 3.63) is 60.7 Å². The van der Waals surface area contributed by atoms with E-state index in [-0.39, 0.29) is 12.6 Å². The van der Waals surface area contributed by atoms with E-state index in [1.54, 1.807) is 12.4 Å². The van der Waals surface area contributed by atoms with E-state index in [9.17, 15) is 4.39 Å². The van der Waals surface area contributed by atoms with E-state index in [1.165, 1.54) is 18.5 Å². The predicted molar refractivity (Wildman–Crippen MR) is 116 cm³/mol. The van der Waals surface area contributed by atoms with Gasteiger partial charge in [-0.05, 0) is 24.3 Å². The average molecular weight is 429 g/mol. The lowest BCUT2D eigenvalue weighted by Crippen LogP contribution is -2.09. The molecular formula is C22H16FN7O2. The van der Waals surface area contributed by atoms with Crippen molar-refractivity contribution in [1.29, 1.82) is 0 Å². The molecule has 0 aliphatic carbocycles. The fourth-order valence-corrected chi connectivity index (χ4v) is 3.59. The van der Waals surface area contributed by atoms with E-state index in [0.717, 1.165) is 5.69 Å². The van der Waals surface area contributed by atoms with Gasteiger partial charge in [-0.1, -0.05) is 0 Å². The molecule has 0 amide bonds. The second-order valence-electron chi connectivity index (χ2n) is 6.71. The summed E-state index contributed by atoms with van der Waals surface area (Å²) in [7, 11) is 0. The largest absolute Gasteiger partial charge is 0.454 e. The SMILES string of the molecule is C#C.Fc1ccc2nc(CNc3ncnc4nc[nH]c34)n(-c3ccc4c(c3)OCO4)c2c1. The molecule has 0 radical (unpaired) electrons. The lowest BCUT2D eigenvalue weighted by molar-refractivity contribution is 0.174. The summed E-state index contributed by atoms with van der Waals surface area (Å²) in [6, 6.07) is 10.1. The van der Waals surface area contributed by atoms with Crippen LogP contribution in [0.1, 0.15) is 5.82 Å². The molecule has 9 nitrogen and oxygen atoms in total. The van der Waals surface area contributed by atoms with Crippen LogP contribution in [0.25, 0.3) is 27.9 Å². The molecule has 0 saturated heterocycles. The van der Waals surface area contributed by atoms with Crippen LogP contribution in [0.15, 0.2) is 49.1 Å². The van der Waals surface area contributed by atoms with E-state index < -0.39 is 0 Å². The number of benzene rings is 2. The van der Waals surface area contributed by atoms with Gasteiger partial charge in [-0.15, -0.1) is 12.8 Å². The summed E-state index contributed by atoms with van der Waals surface area (Å²) >= 11 is 0. The minimum Gasteiger partial charge on any atom is -0.454 e. The molecule has 0 saturated carbocycles. The van der Waals surface area contributed by atoms with Crippen LogP contribution in [0.4, 0.5) is 10.2 Å². The lowest BCUT2D eigenvalue weighted by Gasteiger charge is -2.11. The minimum absolute atomic E-state index is 0.181. The van der Waals surface area contributed by atoms with Crippen molar-refractivity contribution >= 4 is 28.0 Å². The zero-order valence-corrected chi connectivity index (χ0v) is 16.6. The van der Waals surface area contributed by atoms with Crippen LogP contribution >= 0.6 is 0 Å². The minimum atomic E-state index is -0.334. The Balaban J connectivity index is 0.00000105. The van der Waals surface area contributed by atoms with Crippen LogP contribution in [0.5, 0.6) is 11.5 Å². The van der Waals surface area contributed by atoms with E-state index in [0.29, 0.717) is 51.9 Å². The lowest BCUT2D eigenvalue weighted by atomic mass is 10.2. The highest BCUT2D eigenvalue weighted by atomic mass is 19.1. The van der Waals surface area contributed by atoms with E-state index in [2.05, 4.69) is 38.1 Å². The zero-order chi connectivity index (χ0) is 22.1. The first-order valence-corrected chi connectivity index (χ1v) is 9.54. The molecule has 3 aromatic heterocycles. The van der Waals surface area contributed by atoms with Crippen LogP contribution in [0.2, 0.25) is 0 Å². The summed E-state index contributed by atoms with van der Waals surface area (Å²) < 4.78 is 26.8. The number of anilines is 1. The van der Waals surface area contributed by atoms with Crippen molar-refractivity contribution in [2.45, 2.75) is 6.54 Å². The Morgan fingerprint density at radius 2 is 1.94 bits per heavy atom. The van der Waals surface area contributed by atoms with Gasteiger partial charge in [0.1, 0.15) is 23.5 Å². The van der Waals surface area contributed by atoms with Gasteiger partial charge in [0.15, 0.2) is 23.0 Å². The summed E-state index contributed by atoms with van der Waals surface area (Å²) in [6.45, 7) is 0.524. The standard InChI is InChI=1S/C20H14FN7O2.C2H2/c21-11-1-3-13-14(5-11)28(12-2-4-15-16(6-12)30-10-29-15)17(27-13)7-22-19-18-20(24-8-23-18)26-9-25-19;1-2/h1-6,8-9H,7,10H2,(H2,22,23,24,25,26);1-2H. The Labute approximate surface area is 181 Å². The molecule has 0 atom stereocenters. The zero-order valence-electron chi connectivity index (χ0n) is 16.6.